The zero-order valence-corrected chi connectivity index (χ0v) is 28.0. The second kappa shape index (κ2) is 9.60. The van der Waals surface area contributed by atoms with Crippen LogP contribution >= 0.6 is 67.1 Å². The number of nitrogens with zero attached hydrogens (tertiary/aromatic N) is 4. The monoisotopic (exact) mass is 760 g/mol. The molecule has 0 spiro atoms. The van der Waals surface area contributed by atoms with E-state index < -0.39 is 31.5 Å². The van der Waals surface area contributed by atoms with Crippen molar-refractivity contribution in [3.8, 4) is 0 Å². The Hall–Kier alpha value is -1.79. The molecule has 4 bridgehead atoms. The average Bonchev–Trinajstić information content (AvgIpc) is 2.79. The molecule has 220 valence electrons. The Bertz CT molecular complexity index is 1560. The number of hydrogen-bond donors (Lipinski definition) is 0. The van der Waals surface area contributed by atoms with Gasteiger partial charge in [0.15, 0.2) is 0 Å². The molecular weight excluding hydrogens is 737 g/mol. The summed E-state index contributed by atoms with van der Waals surface area (Å²) in [6.07, 6.45) is 3.50. The van der Waals surface area contributed by atoms with Gasteiger partial charge in [0.25, 0.3) is 0 Å². The Balaban J connectivity index is 1.10. The second-order valence-corrected chi connectivity index (χ2v) is 17.3. The van der Waals surface area contributed by atoms with Crippen LogP contribution in [0.1, 0.15) is 66.3 Å². The first kappa shape index (κ1) is 29.0. The predicted molar refractivity (Wildman–Crippen MR) is 166 cm³/mol. The van der Waals surface area contributed by atoms with E-state index in [0.717, 1.165) is 31.4 Å². The van der Waals surface area contributed by atoms with E-state index >= 15 is 0 Å². The van der Waals surface area contributed by atoms with Crippen LogP contribution in [0.15, 0.2) is 24.3 Å². The molecule has 3 aromatic rings. The molecule has 6 saturated carbocycles. The minimum absolute atomic E-state index is 0.257. The Morgan fingerprint density at radius 3 is 1.43 bits per heavy atom. The molecular formula is C29H25Cl4IN4O4. The molecule has 0 atom stereocenters. The van der Waals surface area contributed by atoms with Crippen LogP contribution in [0.25, 0.3) is 0 Å². The molecule has 2 heterocycles. The summed E-state index contributed by atoms with van der Waals surface area (Å²) >= 11 is 21.6. The van der Waals surface area contributed by atoms with Crippen molar-refractivity contribution in [1.82, 2.24) is 20.4 Å². The zero-order chi connectivity index (χ0) is 29.8. The third-order valence-electron chi connectivity index (χ3n) is 9.52. The Kier molecular flexibility index (Phi) is 6.62. The fraction of sp³-hybridized carbons (Fsp3) is 0.448. The van der Waals surface area contributed by atoms with Crippen LogP contribution in [-0.2, 0) is 26.6 Å². The Labute approximate surface area is 270 Å². The summed E-state index contributed by atoms with van der Waals surface area (Å²) in [5.74, 6) is -0.631. The van der Waals surface area contributed by atoms with Crippen LogP contribution in [0, 0.1) is 35.2 Å². The summed E-state index contributed by atoms with van der Waals surface area (Å²) in [5, 5.41) is 16.6. The predicted octanol–water partition coefficient (Wildman–Crippen LogP) is 7.64. The van der Waals surface area contributed by atoms with Crippen molar-refractivity contribution in [2.24, 2.45) is 10.8 Å². The van der Waals surface area contributed by atoms with Crippen molar-refractivity contribution < 1.29 is 15.7 Å². The maximum atomic E-state index is 13.7. The third kappa shape index (κ3) is 4.20. The van der Waals surface area contributed by atoms with E-state index in [0.29, 0.717) is 48.8 Å². The van der Waals surface area contributed by atoms with E-state index in [9.17, 15) is 9.59 Å². The molecule has 13 heteroatoms. The van der Waals surface area contributed by atoms with E-state index in [-0.39, 0.29) is 33.1 Å². The summed E-state index contributed by atoms with van der Waals surface area (Å²) < 4.78 is 13.3. The van der Waals surface area contributed by atoms with Gasteiger partial charge in [-0.25, -0.2) is 0 Å². The molecule has 8 nitrogen and oxygen atoms in total. The molecule has 6 aliphatic rings. The van der Waals surface area contributed by atoms with Crippen LogP contribution in [0.2, 0.25) is 20.6 Å². The normalized spacial score (nSPS) is 30.2. The number of hydrogen-bond acceptors (Lipinski definition) is 8. The molecule has 1 aromatic carbocycles. The summed E-state index contributed by atoms with van der Waals surface area (Å²) in [6, 6.07) is 7.52. The van der Waals surface area contributed by atoms with Crippen LogP contribution in [0.3, 0.4) is 0 Å². The van der Waals surface area contributed by atoms with E-state index in [1.54, 1.807) is 12.1 Å². The molecule has 0 unspecified atom stereocenters. The number of aryl methyl sites for hydroxylation is 3. The zero-order valence-electron chi connectivity index (χ0n) is 22.9. The number of benzene rings is 1. The van der Waals surface area contributed by atoms with E-state index in [1.165, 1.54) is 0 Å². The molecule has 6 fully saturated rings. The van der Waals surface area contributed by atoms with Crippen LogP contribution in [0.4, 0.5) is 0 Å². The molecule has 0 aliphatic heterocycles. The van der Waals surface area contributed by atoms with Gasteiger partial charge in [-0.05, 0) is 0 Å². The van der Waals surface area contributed by atoms with E-state index in [1.807, 2.05) is 32.9 Å². The summed E-state index contributed by atoms with van der Waals surface area (Å²) in [5.41, 5.74) is 2.86. The van der Waals surface area contributed by atoms with Gasteiger partial charge in [0.1, 0.15) is 0 Å². The standard InChI is InChI=1S/C29H25Cl4IN4O4/c1-14-4-15(2)21(16(3)5-14)34(41-24(39)28-8-26(9-28,10-28)17-6-19(30)35-37-22(17)32)42-25(40)29-11-27(12-29,13-29)18-7-20(31)36-38-23(18)33/h4-7H,8-13H2,1-3H3. The van der Waals surface area contributed by atoms with Gasteiger partial charge in [-0.1, -0.05) is 0 Å². The fourth-order valence-corrected chi connectivity index (χ4v) is 12.6. The Morgan fingerprint density at radius 1 is 0.667 bits per heavy atom. The van der Waals surface area contributed by atoms with E-state index in [4.69, 9.17) is 52.5 Å². The first-order chi connectivity index (χ1) is 19.8. The molecule has 42 heavy (non-hydrogen) atoms. The van der Waals surface area contributed by atoms with Gasteiger partial charge >= 0.3 is 272 Å². The third-order valence-corrected chi connectivity index (χ3v) is 14.6. The van der Waals surface area contributed by atoms with Gasteiger partial charge in [0.2, 0.25) is 0 Å². The fourth-order valence-electron chi connectivity index (χ4n) is 7.82. The quantitative estimate of drug-likeness (QED) is 0.227. The van der Waals surface area contributed by atoms with Crippen molar-refractivity contribution in [3.63, 3.8) is 0 Å². The van der Waals surface area contributed by atoms with Crippen molar-refractivity contribution in [2.75, 3.05) is 0 Å². The van der Waals surface area contributed by atoms with Gasteiger partial charge in [0, 0.05) is 0 Å². The van der Waals surface area contributed by atoms with E-state index in [2.05, 4.69) is 20.4 Å². The van der Waals surface area contributed by atoms with Crippen molar-refractivity contribution >= 4 is 79.0 Å². The maximum absolute atomic E-state index is 13.7. The van der Waals surface area contributed by atoms with Gasteiger partial charge in [-0.2, -0.15) is 0 Å². The first-order valence-corrected chi connectivity index (χ1v) is 17.8. The SMILES string of the molecule is Cc1cc(C)c(I(OC(=O)C23CC(c4cc(Cl)nnc4Cl)(C2)C3)OC(=O)C23CC(c4cc(Cl)nnc4Cl)(C2)C3)c(C)c1. The van der Waals surface area contributed by atoms with Gasteiger partial charge < -0.3 is 0 Å². The number of carbonyl (C=O) groups is 2. The van der Waals surface area contributed by atoms with Crippen LogP contribution in [0.5, 0.6) is 0 Å². The topological polar surface area (TPSA) is 104 Å². The van der Waals surface area contributed by atoms with Crippen molar-refractivity contribution in [3.05, 3.63) is 76.3 Å². The molecule has 0 saturated heterocycles. The summed E-state index contributed by atoms with van der Waals surface area (Å²) in [4.78, 5) is 27.4. The summed E-state index contributed by atoms with van der Waals surface area (Å²) in [7, 11) is 0. The van der Waals surface area contributed by atoms with Gasteiger partial charge in [-0.3, -0.25) is 0 Å². The molecule has 9 rings (SSSR count). The van der Waals surface area contributed by atoms with Crippen molar-refractivity contribution in [2.45, 2.75) is 70.1 Å². The average molecular weight is 762 g/mol. The number of rotatable bonds is 7. The number of carbonyl (C=O) groups excluding carboxylic acids is 2. The van der Waals surface area contributed by atoms with Gasteiger partial charge in [0.05, 0.1) is 0 Å². The minimum atomic E-state index is -3.22. The van der Waals surface area contributed by atoms with Gasteiger partial charge in [-0.15, -0.1) is 0 Å². The van der Waals surface area contributed by atoms with Crippen molar-refractivity contribution in [1.29, 1.82) is 0 Å². The molecule has 0 amide bonds. The number of aromatic nitrogens is 4. The molecule has 2 aromatic heterocycles. The van der Waals surface area contributed by atoms with Crippen LogP contribution in [-0.4, -0.2) is 32.3 Å². The van der Waals surface area contributed by atoms with Crippen LogP contribution < -0.4 is 0 Å². The molecule has 0 radical (unpaired) electrons. The second-order valence-electron chi connectivity index (χ2n) is 12.6. The first-order valence-electron chi connectivity index (χ1n) is 13.4. The summed E-state index contributed by atoms with van der Waals surface area (Å²) in [6.45, 7) is 5.95. The molecule has 6 aliphatic carbocycles. The molecule has 0 N–H and O–H groups in total. The number of halogens is 5. The Morgan fingerprint density at radius 2 is 1.05 bits per heavy atom.